The standard InChI is InChI=1S/C17H12Cl3N3S2/c18-11-6-13-15(20)10(9-25-16(13)14(19)7-11)8-21-23-17(24)22-12-4-2-1-3-5-12/h1-8H,9H2,(H2,22,23,24)/b21-8+. The summed E-state index contributed by atoms with van der Waals surface area (Å²) in [7, 11) is 0. The van der Waals surface area contributed by atoms with Crippen LogP contribution in [0.15, 0.2) is 58.0 Å². The molecule has 3 nitrogen and oxygen atoms in total. The van der Waals surface area contributed by atoms with Crippen molar-refractivity contribution >= 4 is 80.8 Å². The molecule has 0 amide bonds. The first-order chi connectivity index (χ1) is 12.0. The van der Waals surface area contributed by atoms with Gasteiger partial charge >= 0.3 is 0 Å². The minimum Gasteiger partial charge on any atom is -0.331 e. The fourth-order valence-corrected chi connectivity index (χ4v) is 4.46. The van der Waals surface area contributed by atoms with Gasteiger partial charge in [-0.15, -0.1) is 11.8 Å². The number of halogens is 3. The third-order valence-corrected chi connectivity index (χ3v) is 5.77. The van der Waals surface area contributed by atoms with E-state index in [1.807, 2.05) is 30.3 Å². The molecule has 128 valence electrons. The molecule has 1 aliphatic rings. The van der Waals surface area contributed by atoms with E-state index in [1.165, 1.54) is 0 Å². The van der Waals surface area contributed by atoms with E-state index in [-0.39, 0.29) is 0 Å². The Morgan fingerprint density at radius 3 is 2.68 bits per heavy atom. The maximum absolute atomic E-state index is 6.48. The predicted molar refractivity (Wildman–Crippen MR) is 114 cm³/mol. The van der Waals surface area contributed by atoms with Crippen molar-refractivity contribution in [2.45, 2.75) is 4.90 Å². The van der Waals surface area contributed by atoms with Gasteiger partial charge in [-0.05, 0) is 36.5 Å². The lowest BCUT2D eigenvalue weighted by Crippen LogP contribution is -2.24. The molecule has 1 heterocycles. The number of benzene rings is 2. The van der Waals surface area contributed by atoms with Crippen molar-refractivity contribution in [3.05, 3.63) is 63.6 Å². The Labute approximate surface area is 170 Å². The monoisotopic (exact) mass is 427 g/mol. The fraction of sp³-hybridized carbons (Fsp3) is 0.0588. The van der Waals surface area contributed by atoms with E-state index in [2.05, 4.69) is 15.8 Å². The largest absolute Gasteiger partial charge is 0.331 e. The van der Waals surface area contributed by atoms with Gasteiger partial charge in [0.25, 0.3) is 0 Å². The van der Waals surface area contributed by atoms with Crippen LogP contribution in [0.2, 0.25) is 10.0 Å². The van der Waals surface area contributed by atoms with Crippen LogP contribution in [0.5, 0.6) is 0 Å². The highest BCUT2D eigenvalue weighted by Gasteiger charge is 2.20. The molecule has 0 aliphatic carbocycles. The molecule has 8 heteroatoms. The maximum Gasteiger partial charge on any atom is 0.191 e. The number of para-hydroxylation sites is 1. The Morgan fingerprint density at radius 2 is 1.92 bits per heavy atom. The van der Waals surface area contributed by atoms with Crippen LogP contribution in [-0.4, -0.2) is 17.1 Å². The number of thiocarbonyl (C=S) groups is 1. The second-order valence-electron chi connectivity index (χ2n) is 5.08. The summed E-state index contributed by atoms with van der Waals surface area (Å²) in [5, 5.41) is 9.34. The number of hydrogen-bond acceptors (Lipinski definition) is 3. The smallest absolute Gasteiger partial charge is 0.191 e. The molecule has 2 aromatic carbocycles. The summed E-state index contributed by atoms with van der Waals surface area (Å²) in [6.45, 7) is 0. The van der Waals surface area contributed by atoms with Gasteiger partial charge in [0, 0.05) is 32.5 Å². The lowest BCUT2D eigenvalue weighted by Gasteiger charge is -2.18. The second-order valence-corrected chi connectivity index (χ2v) is 7.70. The molecule has 25 heavy (non-hydrogen) atoms. The first-order valence-corrected chi connectivity index (χ1v) is 9.73. The van der Waals surface area contributed by atoms with Crippen LogP contribution in [0.4, 0.5) is 5.69 Å². The van der Waals surface area contributed by atoms with Crippen LogP contribution in [-0.2, 0) is 0 Å². The van der Waals surface area contributed by atoms with E-state index in [0.29, 0.717) is 25.9 Å². The molecular formula is C17H12Cl3N3S2. The van der Waals surface area contributed by atoms with E-state index in [1.54, 1.807) is 30.1 Å². The first-order valence-electron chi connectivity index (χ1n) is 7.20. The van der Waals surface area contributed by atoms with Crippen LogP contribution in [0.1, 0.15) is 5.56 Å². The lowest BCUT2D eigenvalue weighted by atomic mass is 10.1. The number of thioether (sulfide) groups is 1. The van der Waals surface area contributed by atoms with Gasteiger partial charge in [0.1, 0.15) is 0 Å². The third kappa shape index (κ3) is 4.68. The number of hydrazone groups is 1. The summed E-state index contributed by atoms with van der Waals surface area (Å²) >= 11 is 25.6. The number of fused-ring (bicyclic) bond motifs is 1. The summed E-state index contributed by atoms with van der Waals surface area (Å²) in [6, 6.07) is 13.1. The lowest BCUT2D eigenvalue weighted by molar-refractivity contribution is 1.05. The van der Waals surface area contributed by atoms with E-state index in [9.17, 15) is 0 Å². The highest BCUT2D eigenvalue weighted by Crippen LogP contribution is 2.43. The number of hydrogen-bond donors (Lipinski definition) is 2. The molecule has 2 aromatic rings. The van der Waals surface area contributed by atoms with Gasteiger partial charge < -0.3 is 5.32 Å². The summed E-state index contributed by atoms with van der Waals surface area (Å²) in [5.74, 6) is 0.664. The van der Waals surface area contributed by atoms with E-state index in [4.69, 9.17) is 47.0 Å². The van der Waals surface area contributed by atoms with Gasteiger partial charge in [-0.25, -0.2) is 0 Å². The first kappa shape index (κ1) is 18.5. The van der Waals surface area contributed by atoms with Crippen molar-refractivity contribution in [2.24, 2.45) is 5.10 Å². The topological polar surface area (TPSA) is 36.4 Å². The minimum atomic E-state index is 0.397. The molecule has 3 rings (SSSR count). The molecule has 0 bridgehead atoms. The predicted octanol–water partition coefficient (Wildman–Crippen LogP) is 6.02. The summed E-state index contributed by atoms with van der Waals surface area (Å²) in [5.41, 5.74) is 5.36. The number of rotatable bonds is 3. The quantitative estimate of drug-likeness (QED) is 0.356. The van der Waals surface area contributed by atoms with Crippen molar-refractivity contribution in [2.75, 3.05) is 11.1 Å². The number of nitrogens with one attached hydrogen (secondary N) is 2. The maximum atomic E-state index is 6.48. The molecule has 0 saturated carbocycles. The van der Waals surface area contributed by atoms with Crippen molar-refractivity contribution in [1.82, 2.24) is 5.43 Å². The van der Waals surface area contributed by atoms with Gasteiger partial charge in [0.15, 0.2) is 5.11 Å². The molecule has 2 N–H and O–H groups in total. The van der Waals surface area contributed by atoms with Gasteiger partial charge in [-0.3, -0.25) is 5.43 Å². The number of nitrogens with zero attached hydrogens (tertiary/aromatic N) is 1. The molecule has 0 saturated heterocycles. The van der Waals surface area contributed by atoms with E-state index < -0.39 is 0 Å². The highest BCUT2D eigenvalue weighted by molar-refractivity contribution is 7.99. The van der Waals surface area contributed by atoms with Crippen LogP contribution < -0.4 is 10.7 Å². The molecule has 0 spiro atoms. The van der Waals surface area contributed by atoms with Crippen molar-refractivity contribution in [1.29, 1.82) is 0 Å². The Morgan fingerprint density at radius 1 is 1.16 bits per heavy atom. The van der Waals surface area contributed by atoms with Crippen LogP contribution in [0, 0.1) is 0 Å². The molecule has 1 aliphatic heterocycles. The molecule has 0 fully saturated rings. The van der Waals surface area contributed by atoms with Gasteiger partial charge in [0.2, 0.25) is 0 Å². The average molecular weight is 429 g/mol. The Kier molecular flexibility index (Phi) is 6.25. The summed E-state index contributed by atoms with van der Waals surface area (Å²) in [4.78, 5) is 0.933. The van der Waals surface area contributed by atoms with Crippen molar-refractivity contribution in [3.63, 3.8) is 0 Å². The molecular weight excluding hydrogens is 417 g/mol. The molecule has 0 aromatic heterocycles. The van der Waals surface area contributed by atoms with E-state index in [0.717, 1.165) is 21.7 Å². The molecule has 0 radical (unpaired) electrons. The Hall–Kier alpha value is -1.24. The molecule has 0 atom stereocenters. The zero-order valence-corrected chi connectivity index (χ0v) is 16.6. The second kappa shape index (κ2) is 8.43. The van der Waals surface area contributed by atoms with Crippen LogP contribution >= 0.6 is 58.8 Å². The SMILES string of the molecule is S=C(N/N=C/C1=C(Cl)c2cc(Cl)cc(Cl)c2SC1)Nc1ccccc1. The Balaban J connectivity index is 1.70. The summed E-state index contributed by atoms with van der Waals surface area (Å²) in [6.07, 6.45) is 1.66. The normalized spacial score (nSPS) is 13.7. The third-order valence-electron chi connectivity index (χ3n) is 3.32. The fourth-order valence-electron chi connectivity index (χ4n) is 2.20. The van der Waals surface area contributed by atoms with E-state index >= 15 is 0 Å². The van der Waals surface area contributed by atoms with Gasteiger partial charge in [-0.2, -0.15) is 5.10 Å². The van der Waals surface area contributed by atoms with Crippen LogP contribution in [0.25, 0.3) is 5.03 Å². The average Bonchev–Trinajstić information content (AvgIpc) is 2.58. The minimum absolute atomic E-state index is 0.397. The Bertz CT molecular complexity index is 867. The highest BCUT2D eigenvalue weighted by atomic mass is 35.5. The molecule has 0 unspecified atom stereocenters. The zero-order valence-electron chi connectivity index (χ0n) is 12.7. The zero-order chi connectivity index (χ0) is 17.8. The van der Waals surface area contributed by atoms with Gasteiger partial charge in [-0.1, -0.05) is 53.0 Å². The number of anilines is 1. The van der Waals surface area contributed by atoms with Gasteiger partial charge in [0.05, 0.1) is 16.3 Å². The van der Waals surface area contributed by atoms with Crippen LogP contribution in [0.3, 0.4) is 0 Å². The van der Waals surface area contributed by atoms with Crippen molar-refractivity contribution < 1.29 is 0 Å². The van der Waals surface area contributed by atoms with Crippen molar-refractivity contribution in [3.8, 4) is 0 Å². The summed E-state index contributed by atoms with van der Waals surface area (Å²) < 4.78 is 0.